The molecule has 1 heterocycles. The summed E-state index contributed by atoms with van der Waals surface area (Å²) in [6.07, 6.45) is 0. The SMILES string of the molecule is C[C@@H](N)C(=O)NCc1ccc(Br)s1. The first kappa shape index (κ1) is 10.7. The summed E-state index contributed by atoms with van der Waals surface area (Å²) in [6.45, 7) is 2.22. The lowest BCUT2D eigenvalue weighted by atomic mass is 10.3. The number of carbonyl (C=O) groups excluding carboxylic acids is 1. The van der Waals surface area contributed by atoms with E-state index in [1.807, 2.05) is 12.1 Å². The number of halogens is 1. The fourth-order valence-electron chi connectivity index (χ4n) is 0.782. The molecule has 3 nitrogen and oxygen atoms in total. The van der Waals surface area contributed by atoms with E-state index >= 15 is 0 Å². The van der Waals surface area contributed by atoms with E-state index in [-0.39, 0.29) is 5.91 Å². The molecule has 0 aromatic carbocycles. The van der Waals surface area contributed by atoms with E-state index in [0.717, 1.165) is 8.66 Å². The topological polar surface area (TPSA) is 55.1 Å². The van der Waals surface area contributed by atoms with Crippen molar-refractivity contribution in [2.45, 2.75) is 19.5 Å². The second-order valence-corrected chi connectivity index (χ2v) is 5.26. The zero-order valence-electron chi connectivity index (χ0n) is 7.21. The second kappa shape index (κ2) is 4.74. The van der Waals surface area contributed by atoms with Crippen LogP contribution in [-0.4, -0.2) is 11.9 Å². The summed E-state index contributed by atoms with van der Waals surface area (Å²) in [5.41, 5.74) is 5.39. The molecular formula is C8H11BrN2OS. The van der Waals surface area contributed by atoms with Gasteiger partial charge in [-0.1, -0.05) is 0 Å². The molecule has 0 unspecified atom stereocenters. The van der Waals surface area contributed by atoms with E-state index < -0.39 is 6.04 Å². The van der Waals surface area contributed by atoms with Gasteiger partial charge in [0.2, 0.25) is 5.91 Å². The van der Waals surface area contributed by atoms with Gasteiger partial charge in [0.05, 0.1) is 16.4 Å². The third-order valence-corrected chi connectivity index (χ3v) is 3.10. The lowest BCUT2D eigenvalue weighted by Crippen LogP contribution is -2.37. The molecule has 0 fully saturated rings. The van der Waals surface area contributed by atoms with Crippen LogP contribution in [0.25, 0.3) is 0 Å². The van der Waals surface area contributed by atoms with Crippen molar-refractivity contribution >= 4 is 33.2 Å². The van der Waals surface area contributed by atoms with E-state index in [2.05, 4.69) is 21.2 Å². The fraction of sp³-hybridized carbons (Fsp3) is 0.375. The molecule has 0 aliphatic heterocycles. The molecule has 1 aromatic rings. The van der Waals surface area contributed by atoms with Gasteiger partial charge < -0.3 is 11.1 Å². The number of hydrogen-bond donors (Lipinski definition) is 2. The number of hydrogen-bond acceptors (Lipinski definition) is 3. The van der Waals surface area contributed by atoms with Crippen LogP contribution in [0.3, 0.4) is 0 Å². The van der Waals surface area contributed by atoms with Crippen LogP contribution >= 0.6 is 27.3 Å². The largest absolute Gasteiger partial charge is 0.350 e. The molecule has 5 heteroatoms. The number of amides is 1. The van der Waals surface area contributed by atoms with Gasteiger partial charge in [-0.15, -0.1) is 11.3 Å². The highest BCUT2D eigenvalue weighted by Gasteiger charge is 2.06. The lowest BCUT2D eigenvalue weighted by molar-refractivity contribution is -0.122. The molecule has 0 aliphatic rings. The normalized spacial score (nSPS) is 12.5. The summed E-state index contributed by atoms with van der Waals surface area (Å²) in [6, 6.07) is 3.48. The van der Waals surface area contributed by atoms with Crippen LogP contribution in [0.5, 0.6) is 0 Å². The minimum atomic E-state index is -0.441. The summed E-state index contributed by atoms with van der Waals surface area (Å²) in [5.74, 6) is -0.121. The summed E-state index contributed by atoms with van der Waals surface area (Å²) in [4.78, 5) is 12.2. The van der Waals surface area contributed by atoms with Crippen molar-refractivity contribution in [3.63, 3.8) is 0 Å². The standard InChI is InChI=1S/C8H11BrN2OS/c1-5(10)8(12)11-4-6-2-3-7(9)13-6/h2-3,5H,4,10H2,1H3,(H,11,12)/t5-/m1/s1. The first-order valence-electron chi connectivity index (χ1n) is 3.87. The second-order valence-electron chi connectivity index (χ2n) is 2.71. The fourth-order valence-corrected chi connectivity index (χ4v) is 2.20. The molecule has 1 amide bonds. The van der Waals surface area contributed by atoms with Crippen molar-refractivity contribution in [2.75, 3.05) is 0 Å². The Morgan fingerprint density at radius 1 is 1.77 bits per heavy atom. The maximum atomic E-state index is 11.1. The summed E-state index contributed by atoms with van der Waals surface area (Å²) >= 11 is 4.95. The third kappa shape index (κ3) is 3.46. The molecule has 0 bridgehead atoms. The molecular weight excluding hydrogens is 252 g/mol. The number of thiophene rings is 1. The molecule has 3 N–H and O–H groups in total. The molecule has 0 radical (unpaired) electrons. The highest BCUT2D eigenvalue weighted by molar-refractivity contribution is 9.11. The summed E-state index contributed by atoms with van der Waals surface area (Å²) < 4.78 is 1.07. The van der Waals surface area contributed by atoms with E-state index in [0.29, 0.717) is 6.54 Å². The van der Waals surface area contributed by atoms with Crippen LogP contribution in [0.15, 0.2) is 15.9 Å². The predicted molar refractivity (Wildman–Crippen MR) is 57.5 cm³/mol. The van der Waals surface area contributed by atoms with Gasteiger partial charge >= 0.3 is 0 Å². The maximum absolute atomic E-state index is 11.1. The molecule has 13 heavy (non-hydrogen) atoms. The number of carbonyl (C=O) groups is 1. The summed E-state index contributed by atoms with van der Waals surface area (Å²) in [7, 11) is 0. The Labute approximate surface area is 89.5 Å². The van der Waals surface area contributed by atoms with Crippen LogP contribution < -0.4 is 11.1 Å². The van der Waals surface area contributed by atoms with Crippen molar-refractivity contribution in [3.8, 4) is 0 Å². The van der Waals surface area contributed by atoms with Crippen molar-refractivity contribution in [3.05, 3.63) is 20.8 Å². The molecule has 1 atom stereocenters. The van der Waals surface area contributed by atoms with Gasteiger partial charge in [0.25, 0.3) is 0 Å². The average molecular weight is 263 g/mol. The smallest absolute Gasteiger partial charge is 0.236 e. The minimum absolute atomic E-state index is 0.121. The molecule has 0 saturated carbocycles. The molecule has 0 spiro atoms. The first-order valence-corrected chi connectivity index (χ1v) is 5.48. The Morgan fingerprint density at radius 2 is 2.46 bits per heavy atom. The zero-order chi connectivity index (χ0) is 9.84. The van der Waals surface area contributed by atoms with Gasteiger partial charge in [-0.3, -0.25) is 4.79 Å². The highest BCUT2D eigenvalue weighted by atomic mass is 79.9. The Morgan fingerprint density at radius 3 is 2.92 bits per heavy atom. The van der Waals surface area contributed by atoms with Crippen LogP contribution in [0.1, 0.15) is 11.8 Å². The van der Waals surface area contributed by atoms with Crippen LogP contribution in [0.2, 0.25) is 0 Å². The van der Waals surface area contributed by atoms with Gasteiger partial charge in [-0.2, -0.15) is 0 Å². The number of rotatable bonds is 3. The number of nitrogens with one attached hydrogen (secondary N) is 1. The molecule has 0 saturated heterocycles. The van der Waals surface area contributed by atoms with E-state index in [1.165, 1.54) is 0 Å². The van der Waals surface area contributed by atoms with E-state index in [4.69, 9.17) is 5.73 Å². The van der Waals surface area contributed by atoms with Gasteiger partial charge in [-0.05, 0) is 35.0 Å². The monoisotopic (exact) mass is 262 g/mol. The molecule has 72 valence electrons. The van der Waals surface area contributed by atoms with Crippen LogP contribution in [0.4, 0.5) is 0 Å². The lowest BCUT2D eigenvalue weighted by Gasteiger charge is -2.05. The van der Waals surface area contributed by atoms with Crippen molar-refractivity contribution in [1.82, 2.24) is 5.32 Å². The van der Waals surface area contributed by atoms with E-state index in [1.54, 1.807) is 18.3 Å². The van der Waals surface area contributed by atoms with Crippen molar-refractivity contribution < 1.29 is 4.79 Å². The van der Waals surface area contributed by atoms with Crippen molar-refractivity contribution in [2.24, 2.45) is 5.73 Å². The Kier molecular flexibility index (Phi) is 3.90. The first-order chi connectivity index (χ1) is 6.09. The van der Waals surface area contributed by atoms with Gasteiger partial charge in [-0.25, -0.2) is 0 Å². The highest BCUT2D eigenvalue weighted by Crippen LogP contribution is 2.21. The maximum Gasteiger partial charge on any atom is 0.236 e. The van der Waals surface area contributed by atoms with Gasteiger partial charge in [0.1, 0.15) is 0 Å². The van der Waals surface area contributed by atoms with Gasteiger partial charge in [0.15, 0.2) is 0 Å². The zero-order valence-corrected chi connectivity index (χ0v) is 9.61. The third-order valence-electron chi connectivity index (χ3n) is 1.48. The van der Waals surface area contributed by atoms with E-state index in [9.17, 15) is 4.79 Å². The Bertz CT molecular complexity index is 298. The van der Waals surface area contributed by atoms with Crippen molar-refractivity contribution in [1.29, 1.82) is 0 Å². The van der Waals surface area contributed by atoms with Crippen LogP contribution in [0, 0.1) is 0 Å². The minimum Gasteiger partial charge on any atom is -0.350 e. The molecule has 0 aliphatic carbocycles. The summed E-state index contributed by atoms with van der Waals surface area (Å²) in [5, 5.41) is 2.74. The quantitative estimate of drug-likeness (QED) is 0.867. The van der Waals surface area contributed by atoms with Crippen LogP contribution in [-0.2, 0) is 11.3 Å². The predicted octanol–water partition coefficient (Wildman–Crippen LogP) is 1.47. The average Bonchev–Trinajstić information content (AvgIpc) is 2.47. The Balaban J connectivity index is 2.39. The molecule has 1 aromatic heterocycles. The van der Waals surface area contributed by atoms with Gasteiger partial charge in [0, 0.05) is 4.88 Å². The Hall–Kier alpha value is -0.390. The number of nitrogens with two attached hydrogens (primary N) is 1. The molecule has 1 rings (SSSR count).